The molecule has 0 aromatic carbocycles. The first-order valence-corrected chi connectivity index (χ1v) is 8.87. The van der Waals surface area contributed by atoms with Crippen LogP contribution >= 0.6 is 0 Å². The van der Waals surface area contributed by atoms with Crippen molar-refractivity contribution in [2.45, 2.75) is 38.6 Å². The molecule has 2 aliphatic heterocycles. The quantitative estimate of drug-likeness (QED) is 0.904. The smallest absolute Gasteiger partial charge is 0.407 e. The SMILES string of the molecule is Cc1cnc(C2=CCN(C3CC4(CCN(C(=O)O)C4)C3)CC2)n1C. The molecule has 3 aliphatic rings. The van der Waals surface area contributed by atoms with E-state index < -0.39 is 6.09 Å². The van der Waals surface area contributed by atoms with Crippen molar-refractivity contribution in [3.05, 3.63) is 23.8 Å². The number of hydrogen-bond donors (Lipinski definition) is 1. The maximum Gasteiger partial charge on any atom is 0.407 e. The van der Waals surface area contributed by atoms with Gasteiger partial charge < -0.3 is 14.6 Å². The lowest BCUT2D eigenvalue weighted by molar-refractivity contribution is 0.0129. The largest absolute Gasteiger partial charge is 0.465 e. The molecule has 1 aliphatic carbocycles. The molecule has 2 fully saturated rings. The highest BCUT2D eigenvalue weighted by atomic mass is 16.4. The summed E-state index contributed by atoms with van der Waals surface area (Å²) in [4.78, 5) is 19.8. The molecule has 6 nitrogen and oxygen atoms in total. The molecule has 130 valence electrons. The van der Waals surface area contributed by atoms with Crippen LogP contribution in [0.2, 0.25) is 0 Å². The number of aromatic nitrogens is 2. The van der Waals surface area contributed by atoms with Gasteiger partial charge in [0.05, 0.1) is 0 Å². The van der Waals surface area contributed by atoms with E-state index >= 15 is 0 Å². The normalized spacial score (nSPS) is 30.5. The lowest BCUT2D eigenvalue weighted by Crippen LogP contribution is -2.53. The van der Waals surface area contributed by atoms with E-state index in [1.807, 2.05) is 6.20 Å². The zero-order chi connectivity index (χ0) is 16.9. The van der Waals surface area contributed by atoms with Gasteiger partial charge in [-0.1, -0.05) is 6.08 Å². The van der Waals surface area contributed by atoms with Crippen LogP contribution < -0.4 is 0 Å². The molecule has 0 radical (unpaired) electrons. The highest BCUT2D eigenvalue weighted by Gasteiger charge is 2.51. The van der Waals surface area contributed by atoms with Gasteiger partial charge in [-0.3, -0.25) is 4.90 Å². The summed E-state index contributed by atoms with van der Waals surface area (Å²) in [7, 11) is 2.08. The third-order valence-electron chi connectivity index (χ3n) is 6.31. The van der Waals surface area contributed by atoms with E-state index in [-0.39, 0.29) is 5.41 Å². The number of carbonyl (C=O) groups is 1. The van der Waals surface area contributed by atoms with Crippen LogP contribution in [0.1, 0.15) is 37.2 Å². The third-order valence-corrected chi connectivity index (χ3v) is 6.31. The number of hydrogen-bond acceptors (Lipinski definition) is 3. The third kappa shape index (κ3) is 2.53. The van der Waals surface area contributed by atoms with Crippen molar-refractivity contribution in [2.75, 3.05) is 26.2 Å². The maximum atomic E-state index is 11.1. The van der Waals surface area contributed by atoms with Gasteiger partial charge in [0.2, 0.25) is 0 Å². The molecule has 1 aromatic rings. The highest BCUT2D eigenvalue weighted by molar-refractivity contribution is 5.65. The van der Waals surface area contributed by atoms with Gasteiger partial charge >= 0.3 is 6.09 Å². The first kappa shape index (κ1) is 15.7. The summed E-state index contributed by atoms with van der Waals surface area (Å²) in [6, 6.07) is 0.625. The number of amides is 1. The van der Waals surface area contributed by atoms with Crippen LogP contribution in [-0.4, -0.2) is 62.8 Å². The van der Waals surface area contributed by atoms with Crippen LogP contribution in [0.15, 0.2) is 12.3 Å². The fourth-order valence-corrected chi connectivity index (χ4v) is 4.64. The number of aryl methyl sites for hydroxylation is 1. The predicted octanol–water partition coefficient (Wildman–Crippen LogP) is 2.35. The average molecular weight is 330 g/mol. The maximum absolute atomic E-state index is 11.1. The molecular weight excluding hydrogens is 304 g/mol. The van der Waals surface area contributed by atoms with Gasteiger partial charge in [-0.05, 0) is 43.6 Å². The fraction of sp³-hybridized carbons (Fsp3) is 0.667. The van der Waals surface area contributed by atoms with Gasteiger partial charge in [0.25, 0.3) is 0 Å². The lowest BCUT2D eigenvalue weighted by atomic mass is 9.64. The summed E-state index contributed by atoms with van der Waals surface area (Å²) in [6.07, 6.45) is 7.90. The minimum absolute atomic E-state index is 0.268. The van der Waals surface area contributed by atoms with Gasteiger partial charge in [-0.15, -0.1) is 0 Å². The Labute approximate surface area is 142 Å². The molecule has 1 amide bonds. The van der Waals surface area contributed by atoms with Crippen molar-refractivity contribution < 1.29 is 9.90 Å². The topological polar surface area (TPSA) is 61.6 Å². The molecule has 0 atom stereocenters. The van der Waals surface area contributed by atoms with Crippen molar-refractivity contribution in [3.8, 4) is 0 Å². The van der Waals surface area contributed by atoms with Crippen LogP contribution in [0.5, 0.6) is 0 Å². The minimum Gasteiger partial charge on any atom is -0.465 e. The summed E-state index contributed by atoms with van der Waals surface area (Å²) in [5, 5.41) is 9.14. The van der Waals surface area contributed by atoms with Gasteiger partial charge in [0.1, 0.15) is 5.82 Å². The number of nitrogens with zero attached hydrogens (tertiary/aromatic N) is 4. The van der Waals surface area contributed by atoms with E-state index in [0.717, 1.165) is 51.1 Å². The molecule has 1 saturated heterocycles. The Morgan fingerprint density at radius 1 is 1.38 bits per heavy atom. The predicted molar refractivity (Wildman–Crippen MR) is 91.8 cm³/mol. The van der Waals surface area contributed by atoms with E-state index in [1.165, 1.54) is 11.3 Å². The molecule has 1 N–H and O–H groups in total. The summed E-state index contributed by atoms with van der Waals surface area (Å²) in [5.74, 6) is 1.10. The molecule has 1 aromatic heterocycles. The van der Waals surface area contributed by atoms with Crippen molar-refractivity contribution in [2.24, 2.45) is 12.5 Å². The van der Waals surface area contributed by atoms with Gasteiger partial charge in [-0.2, -0.15) is 0 Å². The van der Waals surface area contributed by atoms with Crippen LogP contribution in [0.4, 0.5) is 4.79 Å². The van der Waals surface area contributed by atoms with Crippen LogP contribution in [-0.2, 0) is 7.05 Å². The average Bonchev–Trinajstić information content (AvgIpc) is 3.12. The number of carboxylic acid groups (broad SMARTS) is 1. The van der Waals surface area contributed by atoms with Crippen molar-refractivity contribution in [1.29, 1.82) is 0 Å². The molecule has 1 saturated carbocycles. The van der Waals surface area contributed by atoms with E-state index in [2.05, 4.69) is 34.5 Å². The fourth-order valence-electron chi connectivity index (χ4n) is 4.64. The summed E-state index contributed by atoms with van der Waals surface area (Å²) >= 11 is 0. The molecule has 0 unspecified atom stereocenters. The van der Waals surface area contributed by atoms with E-state index in [1.54, 1.807) is 4.90 Å². The van der Waals surface area contributed by atoms with Crippen LogP contribution in [0.3, 0.4) is 0 Å². The van der Waals surface area contributed by atoms with Gasteiger partial charge in [-0.25, -0.2) is 9.78 Å². The molecule has 3 heterocycles. The molecule has 24 heavy (non-hydrogen) atoms. The molecule has 4 rings (SSSR count). The Hall–Kier alpha value is -1.82. The Balaban J connectivity index is 1.35. The minimum atomic E-state index is -0.758. The van der Waals surface area contributed by atoms with Crippen LogP contribution in [0, 0.1) is 12.3 Å². The van der Waals surface area contributed by atoms with Crippen molar-refractivity contribution in [1.82, 2.24) is 19.4 Å². The second-order valence-electron chi connectivity index (χ2n) is 7.77. The molecule has 1 spiro atoms. The Kier molecular flexibility index (Phi) is 3.67. The van der Waals surface area contributed by atoms with Crippen LogP contribution in [0.25, 0.3) is 5.57 Å². The lowest BCUT2D eigenvalue weighted by Gasteiger charge is -2.50. The van der Waals surface area contributed by atoms with E-state index in [0.29, 0.717) is 12.6 Å². The summed E-state index contributed by atoms with van der Waals surface area (Å²) in [5.41, 5.74) is 2.82. The van der Waals surface area contributed by atoms with Crippen molar-refractivity contribution >= 4 is 11.7 Å². The van der Waals surface area contributed by atoms with Gasteiger partial charge in [0, 0.05) is 51.2 Å². The zero-order valence-corrected chi connectivity index (χ0v) is 14.5. The Morgan fingerprint density at radius 3 is 2.71 bits per heavy atom. The monoisotopic (exact) mass is 330 g/mol. The Morgan fingerprint density at radius 2 is 2.17 bits per heavy atom. The first-order chi connectivity index (χ1) is 11.5. The summed E-state index contributed by atoms with van der Waals surface area (Å²) in [6.45, 7) is 5.61. The molecular formula is C18H26N4O2. The van der Waals surface area contributed by atoms with Gasteiger partial charge in [0.15, 0.2) is 0 Å². The highest BCUT2D eigenvalue weighted by Crippen LogP contribution is 2.50. The van der Waals surface area contributed by atoms with E-state index in [4.69, 9.17) is 5.11 Å². The molecule has 6 heteroatoms. The second-order valence-corrected chi connectivity index (χ2v) is 7.77. The van der Waals surface area contributed by atoms with Crippen molar-refractivity contribution in [3.63, 3.8) is 0 Å². The number of imidazole rings is 1. The van der Waals surface area contributed by atoms with E-state index in [9.17, 15) is 4.79 Å². The summed E-state index contributed by atoms with van der Waals surface area (Å²) < 4.78 is 2.17. The standard InChI is InChI=1S/C18H26N4O2/c1-13-11-19-16(20(13)2)14-3-6-21(7-4-14)15-9-18(10-15)5-8-22(12-18)17(23)24/h3,11,15H,4-10,12H2,1-2H3,(H,23,24). The zero-order valence-electron chi connectivity index (χ0n) is 14.5. The number of likely N-dealkylation sites (tertiary alicyclic amines) is 1. The molecule has 0 bridgehead atoms. The second kappa shape index (κ2) is 5.62. The Bertz CT molecular complexity index is 687. The first-order valence-electron chi connectivity index (χ1n) is 8.87. The number of rotatable bonds is 2.